The lowest BCUT2D eigenvalue weighted by atomic mass is 9.94. The third-order valence-electron chi connectivity index (χ3n) is 3.21. The fourth-order valence-electron chi connectivity index (χ4n) is 2.11. The van der Waals surface area contributed by atoms with Crippen LogP contribution >= 0.6 is 11.6 Å². The SMILES string of the molecule is CCNC(Cc1ccccc1Cl)CC(C)(C)OC. The van der Waals surface area contributed by atoms with Gasteiger partial charge in [-0.2, -0.15) is 0 Å². The van der Waals surface area contributed by atoms with Crippen LogP contribution in [-0.4, -0.2) is 25.3 Å². The zero-order valence-corrected chi connectivity index (χ0v) is 12.6. The van der Waals surface area contributed by atoms with E-state index in [4.69, 9.17) is 16.3 Å². The van der Waals surface area contributed by atoms with Gasteiger partial charge in [0.25, 0.3) is 0 Å². The molecule has 0 fully saturated rings. The van der Waals surface area contributed by atoms with Gasteiger partial charge < -0.3 is 10.1 Å². The average Bonchev–Trinajstić information content (AvgIpc) is 2.32. The van der Waals surface area contributed by atoms with E-state index in [0.717, 1.165) is 24.4 Å². The molecule has 18 heavy (non-hydrogen) atoms. The summed E-state index contributed by atoms with van der Waals surface area (Å²) < 4.78 is 5.51. The van der Waals surface area contributed by atoms with E-state index in [9.17, 15) is 0 Å². The Bertz CT molecular complexity index is 365. The first kappa shape index (κ1) is 15.5. The third-order valence-corrected chi connectivity index (χ3v) is 3.58. The molecule has 0 spiro atoms. The number of halogens is 1. The molecule has 0 saturated carbocycles. The molecule has 1 N–H and O–H groups in total. The van der Waals surface area contributed by atoms with Gasteiger partial charge in [-0.25, -0.2) is 0 Å². The van der Waals surface area contributed by atoms with Gasteiger partial charge in [-0.15, -0.1) is 0 Å². The second kappa shape index (κ2) is 7.13. The first-order chi connectivity index (χ1) is 8.48. The zero-order chi connectivity index (χ0) is 13.6. The van der Waals surface area contributed by atoms with Gasteiger partial charge in [0.2, 0.25) is 0 Å². The van der Waals surface area contributed by atoms with Gasteiger partial charge in [0, 0.05) is 18.2 Å². The van der Waals surface area contributed by atoms with Crippen LogP contribution in [0.2, 0.25) is 5.02 Å². The van der Waals surface area contributed by atoms with Crippen molar-refractivity contribution < 1.29 is 4.74 Å². The van der Waals surface area contributed by atoms with E-state index in [2.05, 4.69) is 32.2 Å². The van der Waals surface area contributed by atoms with Gasteiger partial charge >= 0.3 is 0 Å². The molecule has 102 valence electrons. The summed E-state index contributed by atoms with van der Waals surface area (Å²) in [6, 6.07) is 8.41. The number of nitrogens with one attached hydrogen (secondary N) is 1. The number of hydrogen-bond acceptors (Lipinski definition) is 2. The maximum Gasteiger partial charge on any atom is 0.0637 e. The number of ether oxygens (including phenoxy) is 1. The lowest BCUT2D eigenvalue weighted by Crippen LogP contribution is -2.39. The van der Waals surface area contributed by atoms with Crippen LogP contribution in [0.15, 0.2) is 24.3 Å². The van der Waals surface area contributed by atoms with Crippen molar-refractivity contribution in [2.24, 2.45) is 0 Å². The fourth-order valence-corrected chi connectivity index (χ4v) is 2.32. The predicted molar refractivity (Wildman–Crippen MR) is 78.3 cm³/mol. The molecule has 0 aromatic heterocycles. The summed E-state index contributed by atoms with van der Waals surface area (Å²) in [7, 11) is 1.76. The standard InChI is InChI=1S/C15H24ClNO/c1-5-17-13(11-15(2,3)18-4)10-12-8-6-7-9-14(12)16/h6-9,13,17H,5,10-11H2,1-4H3. The van der Waals surface area contributed by atoms with Crippen molar-refractivity contribution in [1.29, 1.82) is 0 Å². The molecule has 0 aliphatic heterocycles. The van der Waals surface area contributed by atoms with Crippen molar-refractivity contribution in [3.63, 3.8) is 0 Å². The Morgan fingerprint density at radius 1 is 1.33 bits per heavy atom. The van der Waals surface area contributed by atoms with E-state index < -0.39 is 0 Å². The highest BCUT2D eigenvalue weighted by atomic mass is 35.5. The molecule has 0 heterocycles. The van der Waals surface area contributed by atoms with Crippen LogP contribution in [-0.2, 0) is 11.2 Å². The van der Waals surface area contributed by atoms with E-state index in [0.29, 0.717) is 6.04 Å². The minimum atomic E-state index is -0.117. The average molecular weight is 270 g/mol. The molecule has 0 amide bonds. The van der Waals surface area contributed by atoms with Crippen LogP contribution in [0.1, 0.15) is 32.8 Å². The van der Waals surface area contributed by atoms with Gasteiger partial charge in [-0.3, -0.25) is 0 Å². The molecule has 0 radical (unpaired) electrons. The van der Waals surface area contributed by atoms with Gasteiger partial charge in [0.1, 0.15) is 0 Å². The summed E-state index contributed by atoms with van der Waals surface area (Å²) in [4.78, 5) is 0. The molecule has 3 heteroatoms. The van der Waals surface area contributed by atoms with E-state index in [1.165, 1.54) is 5.56 Å². The van der Waals surface area contributed by atoms with E-state index in [1.54, 1.807) is 7.11 Å². The van der Waals surface area contributed by atoms with Crippen molar-refractivity contribution in [3.8, 4) is 0 Å². The Morgan fingerprint density at radius 3 is 2.56 bits per heavy atom. The van der Waals surface area contributed by atoms with Gasteiger partial charge in [-0.05, 0) is 44.9 Å². The second-order valence-corrected chi connectivity index (χ2v) is 5.63. The summed E-state index contributed by atoms with van der Waals surface area (Å²) >= 11 is 6.21. The van der Waals surface area contributed by atoms with E-state index in [1.807, 2.05) is 18.2 Å². The van der Waals surface area contributed by atoms with Crippen LogP contribution in [0, 0.1) is 0 Å². The normalized spacial score (nSPS) is 13.6. The highest BCUT2D eigenvalue weighted by Crippen LogP contribution is 2.21. The molecule has 2 nitrogen and oxygen atoms in total. The predicted octanol–water partition coefficient (Wildman–Crippen LogP) is 3.68. The topological polar surface area (TPSA) is 21.3 Å². The van der Waals surface area contributed by atoms with Crippen molar-refractivity contribution >= 4 is 11.6 Å². The molecule has 0 aliphatic carbocycles. The molecule has 1 aromatic rings. The summed E-state index contributed by atoms with van der Waals surface area (Å²) in [6.45, 7) is 7.31. The summed E-state index contributed by atoms with van der Waals surface area (Å²) in [5.41, 5.74) is 1.07. The summed E-state index contributed by atoms with van der Waals surface area (Å²) in [6.07, 6.45) is 1.89. The quantitative estimate of drug-likeness (QED) is 0.815. The van der Waals surface area contributed by atoms with Crippen LogP contribution in [0.4, 0.5) is 0 Å². The number of likely N-dealkylation sites (N-methyl/N-ethyl adjacent to an activating group) is 1. The van der Waals surface area contributed by atoms with Crippen LogP contribution in [0.3, 0.4) is 0 Å². The Kier molecular flexibility index (Phi) is 6.13. The molecule has 0 bridgehead atoms. The van der Waals surface area contributed by atoms with Crippen molar-refractivity contribution in [2.45, 2.75) is 45.3 Å². The van der Waals surface area contributed by atoms with Gasteiger partial charge in [0.15, 0.2) is 0 Å². The number of rotatable bonds is 7. The minimum absolute atomic E-state index is 0.117. The van der Waals surface area contributed by atoms with E-state index >= 15 is 0 Å². The second-order valence-electron chi connectivity index (χ2n) is 5.22. The summed E-state index contributed by atoms with van der Waals surface area (Å²) in [5, 5.41) is 4.35. The number of methoxy groups -OCH3 is 1. The maximum absolute atomic E-state index is 6.21. The van der Waals surface area contributed by atoms with Gasteiger partial charge in [0.05, 0.1) is 5.60 Å². The smallest absolute Gasteiger partial charge is 0.0637 e. The lowest BCUT2D eigenvalue weighted by Gasteiger charge is -2.29. The van der Waals surface area contributed by atoms with Crippen LogP contribution < -0.4 is 5.32 Å². The Labute approximate surface area is 116 Å². The lowest BCUT2D eigenvalue weighted by molar-refractivity contribution is 0.00727. The highest BCUT2D eigenvalue weighted by molar-refractivity contribution is 6.31. The summed E-state index contributed by atoms with van der Waals surface area (Å²) in [5.74, 6) is 0. The molecule has 0 saturated heterocycles. The highest BCUT2D eigenvalue weighted by Gasteiger charge is 2.22. The number of hydrogen-bond donors (Lipinski definition) is 1. The fraction of sp³-hybridized carbons (Fsp3) is 0.600. The van der Waals surface area contributed by atoms with E-state index in [-0.39, 0.29) is 5.60 Å². The molecule has 1 aromatic carbocycles. The maximum atomic E-state index is 6.21. The first-order valence-corrected chi connectivity index (χ1v) is 6.88. The monoisotopic (exact) mass is 269 g/mol. The zero-order valence-electron chi connectivity index (χ0n) is 11.8. The Balaban J connectivity index is 2.72. The third kappa shape index (κ3) is 4.97. The minimum Gasteiger partial charge on any atom is -0.379 e. The molecule has 1 rings (SSSR count). The van der Waals surface area contributed by atoms with Crippen molar-refractivity contribution in [2.75, 3.05) is 13.7 Å². The largest absolute Gasteiger partial charge is 0.379 e. The molecular formula is C15H24ClNO. The molecule has 1 atom stereocenters. The van der Waals surface area contributed by atoms with Crippen LogP contribution in [0.25, 0.3) is 0 Å². The first-order valence-electron chi connectivity index (χ1n) is 6.50. The van der Waals surface area contributed by atoms with Gasteiger partial charge in [-0.1, -0.05) is 36.7 Å². The number of benzene rings is 1. The molecule has 1 unspecified atom stereocenters. The Hall–Kier alpha value is -0.570. The van der Waals surface area contributed by atoms with Crippen molar-refractivity contribution in [1.82, 2.24) is 5.32 Å². The van der Waals surface area contributed by atoms with Crippen molar-refractivity contribution in [3.05, 3.63) is 34.9 Å². The molecule has 0 aliphatic rings. The Morgan fingerprint density at radius 2 is 2.00 bits per heavy atom. The molecular weight excluding hydrogens is 246 g/mol. The van der Waals surface area contributed by atoms with Crippen LogP contribution in [0.5, 0.6) is 0 Å².